The number of methoxy groups -OCH3 is 1. The van der Waals surface area contributed by atoms with Crippen molar-refractivity contribution in [2.75, 3.05) is 12.4 Å². The standard InChI is InChI=1S/C18H16BrClN2O3S/c1-9-3-4-12(20)8-13(9)21-18-22-17(24)15(26-18)6-10-5-11(19)7-14(25-2)16(10)23/h3-8,18,21,23H,1-2H3,(H,22,24)/b15-6-. The number of aryl methyl sites for hydroxylation is 1. The van der Waals surface area contributed by atoms with Crippen LogP contribution in [0.15, 0.2) is 39.7 Å². The molecule has 1 saturated heterocycles. The number of carbonyl (C=O) groups excluding carboxylic acids is 1. The predicted octanol–water partition coefficient (Wildman–Crippen LogP) is 4.72. The van der Waals surface area contributed by atoms with E-state index in [0.717, 1.165) is 15.7 Å². The summed E-state index contributed by atoms with van der Waals surface area (Å²) < 4.78 is 5.88. The van der Waals surface area contributed by atoms with Gasteiger partial charge in [-0.3, -0.25) is 4.79 Å². The van der Waals surface area contributed by atoms with Gasteiger partial charge in [-0.05, 0) is 42.8 Å². The normalized spacial score (nSPS) is 18.1. The highest BCUT2D eigenvalue weighted by atomic mass is 79.9. The molecule has 136 valence electrons. The summed E-state index contributed by atoms with van der Waals surface area (Å²) in [5, 5.41) is 17.0. The zero-order valence-corrected chi connectivity index (χ0v) is 17.1. The van der Waals surface area contributed by atoms with E-state index in [1.807, 2.05) is 25.1 Å². The minimum absolute atomic E-state index is 0.0151. The molecule has 2 aromatic rings. The van der Waals surface area contributed by atoms with Crippen molar-refractivity contribution in [2.45, 2.75) is 12.4 Å². The molecule has 1 fully saturated rings. The monoisotopic (exact) mass is 454 g/mol. The SMILES string of the molecule is COc1cc(Br)cc(/C=C2\SC(Nc3cc(Cl)ccc3C)NC2=O)c1O. The molecule has 1 atom stereocenters. The Hall–Kier alpha value is -1.83. The van der Waals surface area contributed by atoms with Crippen molar-refractivity contribution in [2.24, 2.45) is 0 Å². The average molecular weight is 456 g/mol. The van der Waals surface area contributed by atoms with Crippen molar-refractivity contribution in [1.29, 1.82) is 0 Å². The van der Waals surface area contributed by atoms with E-state index in [9.17, 15) is 9.90 Å². The van der Waals surface area contributed by atoms with Crippen molar-refractivity contribution in [3.05, 3.63) is 55.9 Å². The molecule has 26 heavy (non-hydrogen) atoms. The highest BCUT2D eigenvalue weighted by molar-refractivity contribution is 9.10. The number of phenols is 1. The Balaban J connectivity index is 1.83. The van der Waals surface area contributed by atoms with Crippen LogP contribution in [0.4, 0.5) is 5.69 Å². The maximum atomic E-state index is 12.3. The first-order valence-electron chi connectivity index (χ1n) is 7.66. The van der Waals surface area contributed by atoms with Crippen LogP contribution in [0.1, 0.15) is 11.1 Å². The number of aromatic hydroxyl groups is 1. The Kier molecular flexibility index (Phi) is 5.70. The molecule has 0 radical (unpaired) electrons. The summed E-state index contributed by atoms with van der Waals surface area (Å²) in [6, 6.07) is 8.92. The fourth-order valence-electron chi connectivity index (χ4n) is 2.46. The Morgan fingerprint density at radius 1 is 1.38 bits per heavy atom. The Morgan fingerprint density at radius 3 is 2.88 bits per heavy atom. The maximum absolute atomic E-state index is 12.3. The van der Waals surface area contributed by atoms with E-state index in [0.29, 0.717) is 21.2 Å². The second-order valence-electron chi connectivity index (χ2n) is 5.63. The summed E-state index contributed by atoms with van der Waals surface area (Å²) in [5.41, 5.74) is 2.04. The van der Waals surface area contributed by atoms with Gasteiger partial charge in [-0.15, -0.1) is 0 Å². The number of rotatable bonds is 4. The molecule has 1 aliphatic heterocycles. The number of thioether (sulfide) groups is 1. The highest BCUT2D eigenvalue weighted by Crippen LogP contribution is 2.38. The minimum Gasteiger partial charge on any atom is -0.504 e. The molecular weight excluding hydrogens is 440 g/mol. The van der Waals surface area contributed by atoms with E-state index in [1.165, 1.54) is 18.9 Å². The zero-order valence-electron chi connectivity index (χ0n) is 14.0. The molecule has 0 bridgehead atoms. The van der Waals surface area contributed by atoms with E-state index in [4.69, 9.17) is 16.3 Å². The van der Waals surface area contributed by atoms with Crippen LogP contribution >= 0.6 is 39.3 Å². The van der Waals surface area contributed by atoms with Crippen LogP contribution in [0.5, 0.6) is 11.5 Å². The van der Waals surface area contributed by atoms with E-state index in [2.05, 4.69) is 26.6 Å². The van der Waals surface area contributed by atoms with Crippen molar-refractivity contribution in [1.82, 2.24) is 5.32 Å². The lowest BCUT2D eigenvalue weighted by molar-refractivity contribution is -0.116. The number of amides is 1. The number of phenolic OH excluding ortho intramolecular Hbond substituents is 1. The number of carbonyl (C=O) groups is 1. The maximum Gasteiger partial charge on any atom is 0.260 e. The van der Waals surface area contributed by atoms with Gasteiger partial charge in [0.1, 0.15) is 0 Å². The van der Waals surface area contributed by atoms with E-state index < -0.39 is 0 Å². The molecule has 8 heteroatoms. The van der Waals surface area contributed by atoms with Gasteiger partial charge < -0.3 is 20.5 Å². The van der Waals surface area contributed by atoms with Crippen molar-refractivity contribution in [3.8, 4) is 11.5 Å². The average Bonchev–Trinajstić information content (AvgIpc) is 2.93. The van der Waals surface area contributed by atoms with Crippen LogP contribution in [-0.2, 0) is 4.79 Å². The van der Waals surface area contributed by atoms with Crippen LogP contribution in [0.3, 0.4) is 0 Å². The molecule has 1 amide bonds. The molecule has 2 aromatic carbocycles. The zero-order chi connectivity index (χ0) is 18.8. The number of hydrogen-bond acceptors (Lipinski definition) is 5. The lowest BCUT2D eigenvalue weighted by Crippen LogP contribution is -2.31. The van der Waals surface area contributed by atoms with Crippen molar-refractivity contribution in [3.63, 3.8) is 0 Å². The Morgan fingerprint density at radius 2 is 2.15 bits per heavy atom. The fraction of sp³-hybridized carbons (Fsp3) is 0.167. The fourth-order valence-corrected chi connectivity index (χ4v) is 4.05. The number of nitrogens with one attached hydrogen (secondary N) is 2. The molecule has 5 nitrogen and oxygen atoms in total. The second-order valence-corrected chi connectivity index (χ2v) is 8.13. The molecule has 0 aliphatic carbocycles. The summed E-state index contributed by atoms with van der Waals surface area (Å²) in [4.78, 5) is 12.8. The van der Waals surface area contributed by atoms with Crippen LogP contribution in [0.25, 0.3) is 6.08 Å². The summed E-state index contributed by atoms with van der Waals surface area (Å²) in [5.74, 6) is 0.100. The summed E-state index contributed by atoms with van der Waals surface area (Å²) in [6.07, 6.45) is 1.63. The molecule has 0 aromatic heterocycles. The molecule has 0 spiro atoms. The molecule has 3 rings (SSSR count). The first-order valence-corrected chi connectivity index (χ1v) is 9.71. The largest absolute Gasteiger partial charge is 0.504 e. The van der Waals surface area contributed by atoms with Gasteiger partial charge in [0.2, 0.25) is 0 Å². The van der Waals surface area contributed by atoms with Gasteiger partial charge in [0.05, 0.1) is 12.0 Å². The Bertz CT molecular complexity index is 904. The lowest BCUT2D eigenvalue weighted by atomic mass is 10.1. The number of benzene rings is 2. The van der Waals surface area contributed by atoms with E-state index in [-0.39, 0.29) is 17.2 Å². The van der Waals surface area contributed by atoms with Gasteiger partial charge in [0.15, 0.2) is 17.0 Å². The molecular formula is C18H16BrClN2O3S. The third-order valence-corrected chi connectivity index (χ3v) is 5.51. The minimum atomic E-state index is -0.331. The van der Waals surface area contributed by atoms with Gasteiger partial charge >= 0.3 is 0 Å². The number of anilines is 1. The van der Waals surface area contributed by atoms with Crippen LogP contribution in [0, 0.1) is 6.92 Å². The van der Waals surface area contributed by atoms with E-state index in [1.54, 1.807) is 18.2 Å². The Labute approximate surface area is 168 Å². The van der Waals surface area contributed by atoms with E-state index >= 15 is 0 Å². The quantitative estimate of drug-likeness (QED) is 0.582. The molecule has 0 saturated carbocycles. The van der Waals surface area contributed by atoms with Crippen LogP contribution < -0.4 is 15.4 Å². The third kappa shape index (κ3) is 4.11. The molecule has 1 aliphatic rings. The predicted molar refractivity (Wildman–Crippen MR) is 110 cm³/mol. The summed E-state index contributed by atoms with van der Waals surface area (Å²) in [7, 11) is 1.47. The first-order chi connectivity index (χ1) is 12.4. The number of ether oxygens (including phenoxy) is 1. The molecule has 3 N–H and O–H groups in total. The third-order valence-electron chi connectivity index (χ3n) is 3.79. The lowest BCUT2D eigenvalue weighted by Gasteiger charge is -2.15. The van der Waals surface area contributed by atoms with Gasteiger partial charge in [-0.25, -0.2) is 0 Å². The van der Waals surface area contributed by atoms with Gasteiger partial charge in [-0.2, -0.15) is 0 Å². The topological polar surface area (TPSA) is 70.6 Å². The van der Waals surface area contributed by atoms with Crippen LogP contribution in [0.2, 0.25) is 5.02 Å². The number of halogens is 2. The summed E-state index contributed by atoms with van der Waals surface area (Å²) in [6.45, 7) is 1.96. The number of hydrogen-bond donors (Lipinski definition) is 3. The first kappa shape index (κ1) is 18.9. The van der Waals surface area contributed by atoms with Crippen molar-refractivity contribution >= 4 is 57.0 Å². The van der Waals surface area contributed by atoms with Gasteiger partial charge in [0, 0.05) is 20.7 Å². The highest BCUT2D eigenvalue weighted by Gasteiger charge is 2.28. The summed E-state index contributed by atoms with van der Waals surface area (Å²) >= 11 is 10.7. The van der Waals surface area contributed by atoms with Crippen LogP contribution in [-0.4, -0.2) is 23.6 Å². The molecule has 1 unspecified atom stereocenters. The van der Waals surface area contributed by atoms with Gasteiger partial charge in [0.25, 0.3) is 5.91 Å². The second kappa shape index (κ2) is 7.82. The van der Waals surface area contributed by atoms with Crippen molar-refractivity contribution < 1.29 is 14.6 Å². The van der Waals surface area contributed by atoms with Gasteiger partial charge in [-0.1, -0.05) is 45.4 Å². The smallest absolute Gasteiger partial charge is 0.260 e. The molecule has 1 heterocycles.